The summed E-state index contributed by atoms with van der Waals surface area (Å²) in [5, 5.41) is 6.39. The molecule has 3 rings (SSSR count). The molecule has 0 radical (unpaired) electrons. The van der Waals surface area contributed by atoms with Gasteiger partial charge in [0.15, 0.2) is 0 Å². The minimum absolute atomic E-state index is 1.04. The SMILES string of the molecule is CNN1CCc2cc(-c3cnn(C)c3)ccc21. The van der Waals surface area contributed by atoms with Gasteiger partial charge in [0, 0.05) is 32.4 Å². The van der Waals surface area contributed by atoms with Crippen molar-refractivity contribution in [2.45, 2.75) is 6.42 Å². The second kappa shape index (κ2) is 3.89. The maximum Gasteiger partial charge on any atom is 0.0568 e. The van der Waals surface area contributed by atoms with E-state index in [0.717, 1.165) is 13.0 Å². The van der Waals surface area contributed by atoms with Crippen molar-refractivity contribution in [2.75, 3.05) is 18.6 Å². The largest absolute Gasteiger partial charge is 0.308 e. The van der Waals surface area contributed by atoms with Crippen molar-refractivity contribution >= 4 is 5.69 Å². The highest BCUT2D eigenvalue weighted by Crippen LogP contribution is 2.30. The molecule has 2 aromatic rings. The molecule has 2 heterocycles. The average molecular weight is 228 g/mol. The Labute approximate surface area is 101 Å². The lowest BCUT2D eigenvalue weighted by Crippen LogP contribution is -2.32. The van der Waals surface area contributed by atoms with Crippen LogP contribution in [0.4, 0.5) is 5.69 Å². The Hall–Kier alpha value is -1.81. The molecule has 0 spiro atoms. The van der Waals surface area contributed by atoms with Crippen molar-refractivity contribution in [3.8, 4) is 11.1 Å². The predicted molar refractivity (Wildman–Crippen MR) is 68.8 cm³/mol. The molecule has 1 aromatic carbocycles. The predicted octanol–water partition coefficient (Wildman–Crippen LogP) is 1.58. The summed E-state index contributed by atoms with van der Waals surface area (Å²) >= 11 is 0. The average Bonchev–Trinajstić information content (AvgIpc) is 2.94. The van der Waals surface area contributed by atoms with E-state index in [0.29, 0.717) is 0 Å². The number of rotatable bonds is 2. The Morgan fingerprint density at radius 2 is 2.18 bits per heavy atom. The number of aryl methyl sites for hydroxylation is 1. The monoisotopic (exact) mass is 228 g/mol. The lowest BCUT2D eigenvalue weighted by molar-refractivity contribution is 0.734. The molecule has 0 saturated carbocycles. The highest BCUT2D eigenvalue weighted by molar-refractivity contribution is 5.69. The van der Waals surface area contributed by atoms with Crippen molar-refractivity contribution in [3.05, 3.63) is 36.2 Å². The van der Waals surface area contributed by atoms with E-state index in [4.69, 9.17) is 0 Å². The summed E-state index contributed by atoms with van der Waals surface area (Å²) in [4.78, 5) is 0. The lowest BCUT2D eigenvalue weighted by Gasteiger charge is -2.17. The quantitative estimate of drug-likeness (QED) is 0.847. The van der Waals surface area contributed by atoms with Gasteiger partial charge in [0.2, 0.25) is 0 Å². The van der Waals surface area contributed by atoms with Gasteiger partial charge in [-0.3, -0.25) is 4.68 Å². The van der Waals surface area contributed by atoms with Crippen molar-refractivity contribution in [1.82, 2.24) is 15.2 Å². The Balaban J connectivity index is 2.00. The van der Waals surface area contributed by atoms with Crippen LogP contribution >= 0.6 is 0 Å². The first-order valence-corrected chi connectivity index (χ1v) is 5.85. The second-order valence-electron chi connectivity index (χ2n) is 4.37. The van der Waals surface area contributed by atoms with E-state index in [1.165, 1.54) is 22.4 Å². The molecule has 1 aromatic heterocycles. The van der Waals surface area contributed by atoms with Crippen molar-refractivity contribution in [2.24, 2.45) is 7.05 Å². The maximum absolute atomic E-state index is 4.21. The standard InChI is InChI=1S/C13H16N4/c1-14-17-6-5-11-7-10(3-4-13(11)17)12-8-15-16(2)9-12/h3-4,7-9,14H,5-6H2,1-2H3. The van der Waals surface area contributed by atoms with E-state index in [1.54, 1.807) is 0 Å². The third kappa shape index (κ3) is 1.70. The van der Waals surface area contributed by atoms with Crippen LogP contribution in [0.3, 0.4) is 0 Å². The normalized spacial score (nSPS) is 14.1. The second-order valence-corrected chi connectivity index (χ2v) is 4.37. The molecule has 17 heavy (non-hydrogen) atoms. The van der Waals surface area contributed by atoms with E-state index >= 15 is 0 Å². The van der Waals surface area contributed by atoms with Crippen LogP contribution in [0, 0.1) is 0 Å². The Morgan fingerprint density at radius 1 is 1.29 bits per heavy atom. The van der Waals surface area contributed by atoms with Crippen LogP contribution in [0.2, 0.25) is 0 Å². The molecule has 4 nitrogen and oxygen atoms in total. The number of benzene rings is 1. The molecule has 0 aliphatic carbocycles. The third-order valence-electron chi connectivity index (χ3n) is 3.28. The molecule has 0 bridgehead atoms. The zero-order valence-corrected chi connectivity index (χ0v) is 10.1. The molecule has 1 N–H and O–H groups in total. The topological polar surface area (TPSA) is 33.1 Å². The van der Waals surface area contributed by atoms with E-state index < -0.39 is 0 Å². The highest BCUT2D eigenvalue weighted by atomic mass is 15.5. The van der Waals surface area contributed by atoms with Gasteiger partial charge in [-0.25, -0.2) is 5.43 Å². The summed E-state index contributed by atoms with van der Waals surface area (Å²) in [6.07, 6.45) is 5.06. The van der Waals surface area contributed by atoms with Gasteiger partial charge < -0.3 is 5.01 Å². The zero-order valence-electron chi connectivity index (χ0n) is 10.1. The van der Waals surface area contributed by atoms with Crippen LogP contribution in [0.25, 0.3) is 11.1 Å². The molecule has 0 saturated heterocycles. The minimum Gasteiger partial charge on any atom is -0.308 e. The Kier molecular flexibility index (Phi) is 2.37. The fraction of sp³-hybridized carbons (Fsp3) is 0.308. The molecular weight excluding hydrogens is 212 g/mol. The van der Waals surface area contributed by atoms with Gasteiger partial charge in [-0.15, -0.1) is 0 Å². The smallest absolute Gasteiger partial charge is 0.0568 e. The Morgan fingerprint density at radius 3 is 2.88 bits per heavy atom. The first-order chi connectivity index (χ1) is 8.28. The van der Waals surface area contributed by atoms with Crippen LogP contribution in [0.1, 0.15) is 5.56 Å². The molecule has 0 fully saturated rings. The van der Waals surface area contributed by atoms with E-state index in [-0.39, 0.29) is 0 Å². The van der Waals surface area contributed by atoms with Gasteiger partial charge in [0.25, 0.3) is 0 Å². The Bertz CT molecular complexity index is 544. The summed E-state index contributed by atoms with van der Waals surface area (Å²) in [6, 6.07) is 6.61. The van der Waals surface area contributed by atoms with Crippen molar-refractivity contribution in [3.63, 3.8) is 0 Å². The van der Waals surface area contributed by atoms with Crippen LogP contribution < -0.4 is 10.4 Å². The summed E-state index contributed by atoms with van der Waals surface area (Å²) < 4.78 is 1.84. The molecule has 88 valence electrons. The maximum atomic E-state index is 4.21. The molecule has 0 amide bonds. The number of hydrogen-bond acceptors (Lipinski definition) is 3. The number of aromatic nitrogens is 2. The third-order valence-corrected chi connectivity index (χ3v) is 3.28. The van der Waals surface area contributed by atoms with Gasteiger partial charge in [0.1, 0.15) is 0 Å². The highest BCUT2D eigenvalue weighted by Gasteiger charge is 2.18. The molecule has 4 heteroatoms. The molecule has 0 atom stereocenters. The summed E-state index contributed by atoms with van der Waals surface area (Å²) in [5.41, 5.74) is 8.32. The fourth-order valence-electron chi connectivity index (χ4n) is 2.38. The van der Waals surface area contributed by atoms with Crippen LogP contribution in [-0.4, -0.2) is 23.4 Å². The van der Waals surface area contributed by atoms with Gasteiger partial charge in [-0.1, -0.05) is 6.07 Å². The number of fused-ring (bicyclic) bond motifs is 1. The van der Waals surface area contributed by atoms with E-state index in [9.17, 15) is 0 Å². The first-order valence-electron chi connectivity index (χ1n) is 5.85. The molecule has 1 aliphatic heterocycles. The number of nitrogens with zero attached hydrogens (tertiary/aromatic N) is 3. The van der Waals surface area contributed by atoms with Crippen LogP contribution in [0.15, 0.2) is 30.6 Å². The van der Waals surface area contributed by atoms with Crippen molar-refractivity contribution < 1.29 is 0 Å². The number of hydrazine groups is 1. The number of anilines is 1. The number of nitrogens with one attached hydrogen (secondary N) is 1. The molecule has 0 unspecified atom stereocenters. The van der Waals surface area contributed by atoms with Gasteiger partial charge in [-0.2, -0.15) is 5.10 Å². The minimum atomic E-state index is 1.04. The van der Waals surface area contributed by atoms with Crippen LogP contribution in [0.5, 0.6) is 0 Å². The zero-order chi connectivity index (χ0) is 11.8. The van der Waals surface area contributed by atoms with E-state index in [1.807, 2.05) is 31.2 Å². The van der Waals surface area contributed by atoms with Crippen LogP contribution in [-0.2, 0) is 13.5 Å². The van der Waals surface area contributed by atoms with Crippen molar-refractivity contribution in [1.29, 1.82) is 0 Å². The molecule has 1 aliphatic rings. The summed E-state index contributed by atoms with van der Waals surface area (Å²) in [6.45, 7) is 1.04. The number of hydrogen-bond donors (Lipinski definition) is 1. The summed E-state index contributed by atoms with van der Waals surface area (Å²) in [7, 11) is 3.91. The first kappa shape index (κ1) is 10.4. The van der Waals surface area contributed by atoms with Gasteiger partial charge in [-0.05, 0) is 29.7 Å². The summed E-state index contributed by atoms with van der Waals surface area (Å²) in [5.74, 6) is 0. The lowest BCUT2D eigenvalue weighted by atomic mass is 10.0. The van der Waals surface area contributed by atoms with E-state index in [2.05, 4.69) is 33.7 Å². The van der Waals surface area contributed by atoms with Gasteiger partial charge in [0.05, 0.1) is 11.9 Å². The van der Waals surface area contributed by atoms with Gasteiger partial charge >= 0.3 is 0 Å². The fourth-order valence-corrected chi connectivity index (χ4v) is 2.38. The molecular formula is C13H16N4.